The van der Waals surface area contributed by atoms with Crippen molar-refractivity contribution in [3.05, 3.63) is 59.2 Å². The number of carbonyl (C=O) groups is 2. The van der Waals surface area contributed by atoms with Gasteiger partial charge in [-0.2, -0.15) is 0 Å². The SMILES string of the molecule is CCc1cc(N2CCC(CC)(C3CC3)C2=O)cc(NCC(=O)Cc2cc(F)cc(C3=CN(C)NC3)c2)n1. The number of halogens is 1. The number of carbonyl (C=O) groups excluding carboxylic acids is 2. The van der Waals surface area contributed by atoms with Crippen LogP contribution in [0.3, 0.4) is 0 Å². The maximum atomic E-state index is 14.3. The molecule has 5 rings (SSSR count). The number of benzene rings is 1. The quantitative estimate of drug-likeness (QED) is 0.500. The second-order valence-electron chi connectivity index (χ2n) is 10.6. The highest BCUT2D eigenvalue weighted by Crippen LogP contribution is 2.54. The Morgan fingerprint density at radius 3 is 2.70 bits per heavy atom. The van der Waals surface area contributed by atoms with Gasteiger partial charge in [-0.05, 0) is 72.9 Å². The maximum absolute atomic E-state index is 14.3. The third kappa shape index (κ3) is 5.25. The molecule has 196 valence electrons. The number of ketones is 1. The number of amides is 1. The molecule has 1 atom stereocenters. The third-order valence-corrected chi connectivity index (χ3v) is 8.04. The molecule has 2 fully saturated rings. The molecule has 7 nitrogen and oxygen atoms in total. The molecule has 8 heteroatoms. The average molecular weight is 506 g/mol. The second kappa shape index (κ2) is 10.2. The van der Waals surface area contributed by atoms with E-state index in [2.05, 4.69) is 22.7 Å². The standard InChI is InChI=1S/C29H36FN5O2/c1-4-24-14-25(35-9-8-29(5-2,28(35)37)22-6-7-22)15-27(33-24)31-17-26(36)12-19-10-20(13-23(30)11-19)21-16-32-34(3)18-21/h10-11,13-15,18,22,32H,4-9,12,16-17H2,1-3H3,(H,31,33). The highest BCUT2D eigenvalue weighted by atomic mass is 19.1. The minimum absolute atomic E-state index is 0.0616. The van der Waals surface area contributed by atoms with Crippen molar-refractivity contribution in [3.8, 4) is 0 Å². The van der Waals surface area contributed by atoms with Gasteiger partial charge in [-0.1, -0.05) is 19.9 Å². The number of rotatable bonds is 10. The molecule has 0 radical (unpaired) electrons. The van der Waals surface area contributed by atoms with E-state index >= 15 is 0 Å². The minimum atomic E-state index is -0.352. The predicted octanol–water partition coefficient (Wildman–Crippen LogP) is 4.34. The third-order valence-electron chi connectivity index (χ3n) is 8.04. The van der Waals surface area contributed by atoms with Crippen molar-refractivity contribution in [1.82, 2.24) is 15.4 Å². The molecule has 1 aliphatic carbocycles. The Morgan fingerprint density at radius 1 is 1.22 bits per heavy atom. The Kier molecular flexibility index (Phi) is 7.03. The summed E-state index contributed by atoms with van der Waals surface area (Å²) in [6.45, 7) is 5.58. The lowest BCUT2D eigenvalue weighted by Crippen LogP contribution is -2.36. The van der Waals surface area contributed by atoms with E-state index in [0.717, 1.165) is 61.2 Å². The first-order valence-corrected chi connectivity index (χ1v) is 13.4. The van der Waals surface area contributed by atoms with Crippen LogP contribution in [0.15, 0.2) is 36.5 Å². The van der Waals surface area contributed by atoms with Crippen LogP contribution in [0, 0.1) is 17.2 Å². The van der Waals surface area contributed by atoms with Crippen LogP contribution in [0.1, 0.15) is 56.4 Å². The zero-order chi connectivity index (χ0) is 26.2. The highest BCUT2D eigenvalue weighted by molar-refractivity contribution is 6.00. The van der Waals surface area contributed by atoms with E-state index in [9.17, 15) is 14.0 Å². The molecule has 3 aliphatic rings. The number of Topliss-reactive ketones (excluding diaryl/α,β-unsaturated/α-hetero) is 1. The predicted molar refractivity (Wildman–Crippen MR) is 143 cm³/mol. The molecular formula is C29H36FN5O2. The fraction of sp³-hybridized carbons (Fsp3) is 0.483. The Labute approximate surface area is 218 Å². The van der Waals surface area contributed by atoms with Crippen molar-refractivity contribution in [2.45, 2.75) is 52.4 Å². The molecule has 1 aromatic heterocycles. The van der Waals surface area contributed by atoms with Crippen LogP contribution in [-0.2, 0) is 22.4 Å². The first-order valence-electron chi connectivity index (χ1n) is 13.4. The Balaban J connectivity index is 1.26. The van der Waals surface area contributed by atoms with Crippen molar-refractivity contribution < 1.29 is 14.0 Å². The summed E-state index contributed by atoms with van der Waals surface area (Å²) in [4.78, 5) is 32.9. The van der Waals surface area contributed by atoms with Gasteiger partial charge >= 0.3 is 0 Å². The van der Waals surface area contributed by atoms with Crippen molar-refractivity contribution in [2.75, 3.05) is 36.9 Å². The number of anilines is 2. The summed E-state index contributed by atoms with van der Waals surface area (Å²) in [6.07, 6.45) is 6.86. The number of hydrazine groups is 1. The second-order valence-corrected chi connectivity index (χ2v) is 10.6. The molecule has 1 saturated heterocycles. The molecule has 1 unspecified atom stereocenters. The largest absolute Gasteiger partial charge is 0.363 e. The van der Waals surface area contributed by atoms with E-state index < -0.39 is 0 Å². The molecule has 37 heavy (non-hydrogen) atoms. The van der Waals surface area contributed by atoms with Crippen LogP contribution in [0.4, 0.5) is 15.9 Å². The number of aromatic nitrogens is 1. The molecule has 2 N–H and O–H groups in total. The topological polar surface area (TPSA) is 77.6 Å². The Hall–Kier alpha value is -3.26. The Bertz CT molecular complexity index is 1240. The van der Waals surface area contributed by atoms with E-state index in [4.69, 9.17) is 0 Å². The van der Waals surface area contributed by atoms with E-state index in [1.807, 2.05) is 48.3 Å². The number of hydrogen-bond acceptors (Lipinski definition) is 6. The molecule has 3 heterocycles. The molecule has 1 amide bonds. The van der Waals surface area contributed by atoms with Gasteiger partial charge in [0.25, 0.3) is 0 Å². The van der Waals surface area contributed by atoms with Gasteiger partial charge in [-0.15, -0.1) is 0 Å². The van der Waals surface area contributed by atoms with Crippen LogP contribution in [0.5, 0.6) is 0 Å². The summed E-state index contributed by atoms with van der Waals surface area (Å²) in [6, 6.07) is 8.65. The molecular weight excluding hydrogens is 469 g/mol. The zero-order valence-electron chi connectivity index (χ0n) is 21.9. The molecule has 0 spiro atoms. The molecule has 1 saturated carbocycles. The smallest absolute Gasteiger partial charge is 0.233 e. The van der Waals surface area contributed by atoms with Crippen LogP contribution >= 0.6 is 0 Å². The lowest BCUT2D eigenvalue weighted by Gasteiger charge is -2.26. The van der Waals surface area contributed by atoms with Crippen LogP contribution in [0.25, 0.3) is 5.57 Å². The van der Waals surface area contributed by atoms with Gasteiger partial charge < -0.3 is 15.2 Å². The van der Waals surface area contributed by atoms with Crippen molar-refractivity contribution in [3.63, 3.8) is 0 Å². The summed E-state index contributed by atoms with van der Waals surface area (Å²) >= 11 is 0. The van der Waals surface area contributed by atoms with Gasteiger partial charge in [0.2, 0.25) is 5.91 Å². The number of nitrogens with one attached hydrogen (secondary N) is 2. The first kappa shape index (κ1) is 25.4. The summed E-state index contributed by atoms with van der Waals surface area (Å²) in [7, 11) is 1.89. The molecule has 0 bridgehead atoms. The first-order chi connectivity index (χ1) is 17.8. The zero-order valence-corrected chi connectivity index (χ0v) is 21.9. The average Bonchev–Trinajstić information content (AvgIpc) is 3.56. The fourth-order valence-corrected chi connectivity index (χ4v) is 5.79. The number of hydrogen-bond donors (Lipinski definition) is 2. The van der Waals surface area contributed by atoms with Crippen molar-refractivity contribution >= 4 is 28.8 Å². The Morgan fingerprint density at radius 2 is 2.03 bits per heavy atom. The van der Waals surface area contributed by atoms with E-state index in [1.54, 1.807) is 0 Å². The molecule has 1 aromatic carbocycles. The monoisotopic (exact) mass is 505 g/mol. The van der Waals surface area contributed by atoms with Gasteiger partial charge in [-0.25, -0.2) is 14.8 Å². The number of aryl methyl sites for hydroxylation is 1. The maximum Gasteiger partial charge on any atom is 0.233 e. The summed E-state index contributed by atoms with van der Waals surface area (Å²) in [5, 5.41) is 5.00. The van der Waals surface area contributed by atoms with Gasteiger partial charge in [0.15, 0.2) is 5.78 Å². The lowest BCUT2D eigenvalue weighted by molar-refractivity contribution is -0.126. The van der Waals surface area contributed by atoms with E-state index in [-0.39, 0.29) is 35.9 Å². The van der Waals surface area contributed by atoms with E-state index in [0.29, 0.717) is 23.8 Å². The van der Waals surface area contributed by atoms with Crippen molar-refractivity contribution in [1.29, 1.82) is 0 Å². The number of pyridine rings is 1. The number of nitrogens with zero attached hydrogens (tertiary/aromatic N) is 3. The normalized spacial score (nSPS) is 21.5. The van der Waals surface area contributed by atoms with Gasteiger partial charge in [-0.3, -0.25) is 9.59 Å². The summed E-state index contributed by atoms with van der Waals surface area (Å²) in [5.74, 6) is 0.918. The van der Waals surface area contributed by atoms with Crippen molar-refractivity contribution in [2.24, 2.45) is 11.3 Å². The molecule has 2 aliphatic heterocycles. The van der Waals surface area contributed by atoms with Crippen LogP contribution in [-0.4, -0.2) is 48.4 Å². The van der Waals surface area contributed by atoms with Gasteiger partial charge in [0.05, 0.1) is 12.0 Å². The van der Waals surface area contributed by atoms with E-state index in [1.165, 1.54) is 12.1 Å². The fourth-order valence-electron chi connectivity index (χ4n) is 5.79. The van der Waals surface area contributed by atoms with Gasteiger partial charge in [0.1, 0.15) is 11.6 Å². The lowest BCUT2D eigenvalue weighted by atomic mass is 9.78. The minimum Gasteiger partial charge on any atom is -0.363 e. The summed E-state index contributed by atoms with van der Waals surface area (Å²) in [5.41, 5.74) is 7.05. The van der Waals surface area contributed by atoms with Crippen LogP contribution in [0.2, 0.25) is 0 Å². The van der Waals surface area contributed by atoms with Gasteiger partial charge in [0, 0.05) is 50.2 Å². The van der Waals surface area contributed by atoms with Crippen LogP contribution < -0.4 is 15.6 Å². The summed E-state index contributed by atoms with van der Waals surface area (Å²) < 4.78 is 14.3. The molecule has 2 aromatic rings. The highest BCUT2D eigenvalue weighted by Gasteiger charge is 2.54.